The lowest BCUT2D eigenvalue weighted by Gasteiger charge is -2.19. The summed E-state index contributed by atoms with van der Waals surface area (Å²) in [7, 11) is 0. The van der Waals surface area contributed by atoms with E-state index in [-0.39, 0.29) is 18.0 Å². The molecule has 0 fully saturated rings. The van der Waals surface area contributed by atoms with Crippen LogP contribution in [0.25, 0.3) is 6.08 Å². The quantitative estimate of drug-likeness (QED) is 0.280. The number of ketones is 1. The average molecular weight is 395 g/mol. The summed E-state index contributed by atoms with van der Waals surface area (Å²) in [6.45, 7) is 13.9. The van der Waals surface area contributed by atoms with Crippen LogP contribution in [0.2, 0.25) is 0 Å². The van der Waals surface area contributed by atoms with Gasteiger partial charge in [-0.25, -0.2) is 0 Å². The van der Waals surface area contributed by atoms with Gasteiger partial charge < -0.3 is 14.2 Å². The van der Waals surface area contributed by atoms with Gasteiger partial charge in [-0.15, -0.1) is 0 Å². The van der Waals surface area contributed by atoms with Crippen LogP contribution < -0.4 is 14.2 Å². The third kappa shape index (κ3) is 6.53. The molecule has 0 heterocycles. The molecule has 29 heavy (non-hydrogen) atoms. The fourth-order valence-corrected chi connectivity index (χ4v) is 2.72. The molecule has 2 aromatic rings. The highest BCUT2D eigenvalue weighted by molar-refractivity contribution is 6.07. The number of rotatable bonds is 10. The summed E-state index contributed by atoms with van der Waals surface area (Å²) in [6, 6.07) is 10.9. The Morgan fingerprint density at radius 1 is 1.00 bits per heavy atom. The van der Waals surface area contributed by atoms with E-state index in [1.807, 2.05) is 46.8 Å². The number of hydrogen-bond acceptors (Lipinski definition) is 4. The first-order chi connectivity index (χ1) is 13.8. The molecule has 2 rings (SSSR count). The molecule has 2 aromatic carbocycles. The molecule has 0 unspecified atom stereocenters. The van der Waals surface area contributed by atoms with Gasteiger partial charge in [0.15, 0.2) is 5.78 Å². The molecular formula is C25H30O4. The maximum Gasteiger partial charge on any atom is 0.185 e. The van der Waals surface area contributed by atoms with Crippen LogP contribution >= 0.6 is 0 Å². The number of benzene rings is 2. The van der Waals surface area contributed by atoms with Gasteiger partial charge in [-0.1, -0.05) is 18.7 Å². The fraction of sp³-hybridized carbons (Fsp3) is 0.320. The molecule has 0 aliphatic heterocycles. The van der Waals surface area contributed by atoms with Crippen molar-refractivity contribution in [2.45, 2.75) is 46.8 Å². The summed E-state index contributed by atoms with van der Waals surface area (Å²) in [5, 5.41) is 0. The van der Waals surface area contributed by atoms with E-state index >= 15 is 0 Å². The monoisotopic (exact) mass is 394 g/mol. The molecule has 0 aliphatic rings. The van der Waals surface area contributed by atoms with Gasteiger partial charge in [0.2, 0.25) is 0 Å². The van der Waals surface area contributed by atoms with Gasteiger partial charge in [0, 0.05) is 5.56 Å². The zero-order valence-electron chi connectivity index (χ0n) is 17.9. The van der Waals surface area contributed by atoms with E-state index in [4.69, 9.17) is 14.2 Å². The zero-order chi connectivity index (χ0) is 21.4. The SMILES string of the molecule is C=CCOc1ccc(C(=O)C=Cc2c(OC(C)C)ccc(C)c2OC(C)C)cc1. The molecule has 154 valence electrons. The van der Waals surface area contributed by atoms with Crippen LogP contribution in [0.4, 0.5) is 0 Å². The van der Waals surface area contributed by atoms with Crippen molar-refractivity contribution in [3.8, 4) is 17.2 Å². The van der Waals surface area contributed by atoms with Crippen LogP contribution in [0, 0.1) is 6.92 Å². The number of carbonyl (C=O) groups is 1. The van der Waals surface area contributed by atoms with E-state index in [1.54, 1.807) is 42.5 Å². The van der Waals surface area contributed by atoms with Gasteiger partial charge in [0.05, 0.1) is 17.8 Å². The van der Waals surface area contributed by atoms with Gasteiger partial charge in [0.25, 0.3) is 0 Å². The fourth-order valence-electron chi connectivity index (χ4n) is 2.72. The molecule has 0 radical (unpaired) electrons. The second kappa shape index (κ2) is 10.5. The molecule has 4 heteroatoms. The maximum absolute atomic E-state index is 12.7. The lowest BCUT2D eigenvalue weighted by Crippen LogP contribution is -2.11. The van der Waals surface area contributed by atoms with Gasteiger partial charge in [-0.3, -0.25) is 4.79 Å². The van der Waals surface area contributed by atoms with Crippen molar-refractivity contribution >= 4 is 11.9 Å². The highest BCUT2D eigenvalue weighted by Crippen LogP contribution is 2.35. The third-order valence-corrected chi connectivity index (χ3v) is 3.98. The Bertz CT molecular complexity index is 861. The molecule has 0 aromatic heterocycles. The Morgan fingerprint density at radius 2 is 1.66 bits per heavy atom. The summed E-state index contributed by atoms with van der Waals surface area (Å²) in [5.41, 5.74) is 2.34. The van der Waals surface area contributed by atoms with Gasteiger partial charge in [0.1, 0.15) is 23.9 Å². The minimum Gasteiger partial charge on any atom is -0.490 e. The third-order valence-electron chi connectivity index (χ3n) is 3.98. The average Bonchev–Trinajstić information content (AvgIpc) is 2.67. The second-order valence-corrected chi connectivity index (χ2v) is 7.28. The van der Waals surface area contributed by atoms with Crippen molar-refractivity contribution < 1.29 is 19.0 Å². The Morgan fingerprint density at radius 3 is 2.24 bits per heavy atom. The maximum atomic E-state index is 12.7. The van der Waals surface area contributed by atoms with E-state index in [0.29, 0.717) is 23.7 Å². The predicted molar refractivity (Wildman–Crippen MR) is 118 cm³/mol. The van der Waals surface area contributed by atoms with Gasteiger partial charge in [-0.05, 0) is 82.7 Å². The Hall–Kier alpha value is -3.01. The Kier molecular flexibility index (Phi) is 8.08. The number of hydrogen-bond donors (Lipinski definition) is 0. The van der Waals surface area contributed by atoms with Crippen LogP contribution in [0.1, 0.15) is 49.2 Å². The van der Waals surface area contributed by atoms with Gasteiger partial charge in [-0.2, -0.15) is 0 Å². The highest BCUT2D eigenvalue weighted by Gasteiger charge is 2.15. The number of allylic oxidation sites excluding steroid dienone is 1. The van der Waals surface area contributed by atoms with E-state index in [9.17, 15) is 4.79 Å². The van der Waals surface area contributed by atoms with E-state index in [0.717, 1.165) is 16.9 Å². The van der Waals surface area contributed by atoms with Crippen molar-refractivity contribution in [1.29, 1.82) is 0 Å². The zero-order valence-corrected chi connectivity index (χ0v) is 17.9. The molecule has 0 N–H and O–H groups in total. The highest BCUT2D eigenvalue weighted by atomic mass is 16.5. The molecule has 0 bridgehead atoms. The van der Waals surface area contributed by atoms with Crippen LogP contribution in [-0.4, -0.2) is 24.6 Å². The first kappa shape index (κ1) is 22.3. The first-order valence-corrected chi connectivity index (χ1v) is 9.85. The van der Waals surface area contributed by atoms with Crippen LogP contribution in [-0.2, 0) is 0 Å². The van der Waals surface area contributed by atoms with Gasteiger partial charge >= 0.3 is 0 Å². The summed E-state index contributed by atoms with van der Waals surface area (Å²) in [6.07, 6.45) is 5.02. The molecule has 4 nitrogen and oxygen atoms in total. The minimum absolute atomic E-state index is 0.00830. The normalized spacial score (nSPS) is 11.1. The van der Waals surface area contributed by atoms with Crippen LogP contribution in [0.5, 0.6) is 17.2 Å². The van der Waals surface area contributed by atoms with Crippen molar-refractivity contribution in [3.05, 3.63) is 71.8 Å². The lowest BCUT2D eigenvalue weighted by molar-refractivity contribution is 0.104. The molecule has 0 atom stereocenters. The Labute approximate surface area is 173 Å². The van der Waals surface area contributed by atoms with Crippen molar-refractivity contribution in [2.24, 2.45) is 0 Å². The second-order valence-electron chi connectivity index (χ2n) is 7.28. The summed E-state index contributed by atoms with van der Waals surface area (Å²) >= 11 is 0. The standard InChI is InChI=1S/C25H30O4/c1-7-16-27-21-11-9-20(10-12-21)23(26)14-13-22-24(28-17(2)3)15-8-19(6)25(22)29-18(4)5/h7-15,17-18H,1,16H2,2-6H3. The summed E-state index contributed by atoms with van der Waals surface area (Å²) in [4.78, 5) is 12.7. The van der Waals surface area contributed by atoms with E-state index < -0.39 is 0 Å². The number of ether oxygens (including phenoxy) is 3. The predicted octanol–water partition coefficient (Wildman–Crippen LogP) is 6.03. The largest absolute Gasteiger partial charge is 0.490 e. The lowest BCUT2D eigenvalue weighted by atomic mass is 10.0. The summed E-state index contributed by atoms with van der Waals surface area (Å²) in [5.74, 6) is 2.02. The molecule has 0 amide bonds. The van der Waals surface area contributed by atoms with Crippen LogP contribution in [0.3, 0.4) is 0 Å². The number of carbonyl (C=O) groups excluding carboxylic acids is 1. The topological polar surface area (TPSA) is 44.8 Å². The van der Waals surface area contributed by atoms with Crippen molar-refractivity contribution in [1.82, 2.24) is 0 Å². The molecule has 0 spiro atoms. The molecule has 0 saturated carbocycles. The Balaban J connectivity index is 2.32. The van der Waals surface area contributed by atoms with Crippen LogP contribution in [0.15, 0.2) is 55.1 Å². The summed E-state index contributed by atoms with van der Waals surface area (Å²) < 4.78 is 17.4. The first-order valence-electron chi connectivity index (χ1n) is 9.85. The molecular weight excluding hydrogens is 364 g/mol. The van der Waals surface area contributed by atoms with E-state index in [2.05, 4.69) is 6.58 Å². The minimum atomic E-state index is -0.104. The smallest absolute Gasteiger partial charge is 0.185 e. The number of aryl methyl sites for hydroxylation is 1. The van der Waals surface area contributed by atoms with Crippen molar-refractivity contribution in [2.75, 3.05) is 6.61 Å². The molecule has 0 aliphatic carbocycles. The van der Waals surface area contributed by atoms with E-state index in [1.165, 1.54) is 0 Å². The van der Waals surface area contributed by atoms with Crippen molar-refractivity contribution in [3.63, 3.8) is 0 Å². The molecule has 0 saturated heterocycles.